The first kappa shape index (κ1) is 14.6. The van der Waals surface area contributed by atoms with Crippen molar-refractivity contribution in [3.8, 4) is 0 Å². The Balaban J connectivity index is 2.41. The lowest BCUT2D eigenvalue weighted by Gasteiger charge is -2.19. The van der Waals surface area contributed by atoms with Crippen LogP contribution in [0.15, 0.2) is 12.1 Å². The molecule has 0 aliphatic rings. The Labute approximate surface area is 121 Å². The quantitative estimate of drug-likeness (QED) is 0.942. The summed E-state index contributed by atoms with van der Waals surface area (Å²) in [6.45, 7) is 5.06. The molecule has 2 rings (SSSR count). The van der Waals surface area contributed by atoms with Gasteiger partial charge in [0.15, 0.2) is 0 Å². The first-order valence-electron chi connectivity index (χ1n) is 6.36. The largest absolute Gasteiger partial charge is 0.369 e. The molecule has 1 aromatic carbocycles. The SMILES string of the molecule is CCN(CC)C(=O)Cn1c(N)nc2cc(Cl)c(F)cc21. The van der Waals surface area contributed by atoms with Crippen molar-refractivity contribution in [3.63, 3.8) is 0 Å². The third-order valence-electron chi connectivity index (χ3n) is 3.23. The Hall–Kier alpha value is -1.82. The fraction of sp³-hybridized carbons (Fsp3) is 0.385. The number of nitrogen functional groups attached to an aromatic ring is 1. The third kappa shape index (κ3) is 2.56. The van der Waals surface area contributed by atoms with Gasteiger partial charge in [0, 0.05) is 19.2 Å². The fourth-order valence-electron chi connectivity index (χ4n) is 2.12. The van der Waals surface area contributed by atoms with Crippen LogP contribution >= 0.6 is 11.6 Å². The molecule has 7 heteroatoms. The van der Waals surface area contributed by atoms with Crippen LogP contribution < -0.4 is 5.73 Å². The standard InChI is InChI=1S/C13H16ClFN4O/c1-3-18(4-2)12(20)7-19-11-6-9(15)8(14)5-10(11)17-13(19)16/h5-6H,3-4,7H2,1-2H3,(H2,16,17). The van der Waals surface area contributed by atoms with Crippen LogP contribution in [0.25, 0.3) is 11.0 Å². The second-order valence-corrected chi connectivity index (χ2v) is 4.78. The average Bonchev–Trinajstić information content (AvgIpc) is 2.68. The van der Waals surface area contributed by atoms with E-state index in [0.717, 1.165) is 0 Å². The van der Waals surface area contributed by atoms with Crippen LogP contribution in [0.1, 0.15) is 13.8 Å². The highest BCUT2D eigenvalue weighted by Gasteiger charge is 2.16. The molecule has 0 aliphatic carbocycles. The fourth-order valence-corrected chi connectivity index (χ4v) is 2.27. The number of anilines is 1. The number of nitrogens with two attached hydrogens (primary N) is 1. The number of hydrogen-bond acceptors (Lipinski definition) is 3. The van der Waals surface area contributed by atoms with Crippen LogP contribution in [0.5, 0.6) is 0 Å². The Morgan fingerprint density at radius 3 is 2.70 bits per heavy atom. The molecular weight excluding hydrogens is 283 g/mol. The van der Waals surface area contributed by atoms with Crippen molar-refractivity contribution in [1.29, 1.82) is 0 Å². The molecule has 0 saturated heterocycles. The maximum Gasteiger partial charge on any atom is 0.242 e. The number of hydrogen-bond donors (Lipinski definition) is 1. The van der Waals surface area contributed by atoms with Crippen LogP contribution in [0.2, 0.25) is 5.02 Å². The lowest BCUT2D eigenvalue weighted by molar-refractivity contribution is -0.131. The zero-order chi connectivity index (χ0) is 14.9. The minimum Gasteiger partial charge on any atom is -0.369 e. The zero-order valence-corrected chi connectivity index (χ0v) is 12.1. The number of imidazole rings is 1. The Bertz CT molecular complexity index is 651. The van der Waals surface area contributed by atoms with E-state index in [1.807, 2.05) is 13.8 Å². The number of carbonyl (C=O) groups is 1. The Morgan fingerprint density at radius 1 is 1.45 bits per heavy atom. The molecule has 0 aliphatic heterocycles. The van der Waals surface area contributed by atoms with Crippen molar-refractivity contribution in [2.45, 2.75) is 20.4 Å². The van der Waals surface area contributed by atoms with Gasteiger partial charge >= 0.3 is 0 Å². The lowest BCUT2D eigenvalue weighted by atomic mass is 10.3. The van der Waals surface area contributed by atoms with E-state index < -0.39 is 5.82 Å². The van der Waals surface area contributed by atoms with Gasteiger partial charge in [-0.1, -0.05) is 11.6 Å². The average molecular weight is 299 g/mol. The highest BCUT2D eigenvalue weighted by atomic mass is 35.5. The van der Waals surface area contributed by atoms with E-state index in [1.54, 1.807) is 4.90 Å². The molecule has 0 unspecified atom stereocenters. The molecule has 1 amide bonds. The summed E-state index contributed by atoms with van der Waals surface area (Å²) < 4.78 is 15.1. The topological polar surface area (TPSA) is 64.2 Å². The summed E-state index contributed by atoms with van der Waals surface area (Å²) in [7, 11) is 0. The molecule has 0 bridgehead atoms. The number of benzene rings is 1. The summed E-state index contributed by atoms with van der Waals surface area (Å²) >= 11 is 5.71. The molecule has 1 aromatic heterocycles. The summed E-state index contributed by atoms with van der Waals surface area (Å²) in [6.07, 6.45) is 0. The summed E-state index contributed by atoms with van der Waals surface area (Å²) in [5, 5.41) is -0.0165. The molecule has 0 spiro atoms. The van der Waals surface area contributed by atoms with Gasteiger partial charge in [0.1, 0.15) is 12.4 Å². The van der Waals surface area contributed by atoms with Crippen molar-refractivity contribution in [1.82, 2.24) is 14.5 Å². The van der Waals surface area contributed by atoms with Crippen molar-refractivity contribution in [2.75, 3.05) is 18.8 Å². The van der Waals surface area contributed by atoms with Gasteiger partial charge in [-0.15, -0.1) is 0 Å². The van der Waals surface area contributed by atoms with E-state index in [2.05, 4.69) is 4.98 Å². The van der Waals surface area contributed by atoms with E-state index in [4.69, 9.17) is 17.3 Å². The molecule has 5 nitrogen and oxygen atoms in total. The van der Waals surface area contributed by atoms with Crippen LogP contribution in [0.4, 0.5) is 10.3 Å². The number of nitrogens with zero attached hydrogens (tertiary/aromatic N) is 3. The number of rotatable bonds is 4. The first-order chi connectivity index (χ1) is 9.47. The van der Waals surface area contributed by atoms with Gasteiger partial charge in [-0.2, -0.15) is 0 Å². The predicted octanol–water partition coefficient (Wildman–Crippen LogP) is 2.28. The molecule has 2 aromatic rings. The summed E-state index contributed by atoms with van der Waals surface area (Å²) in [6, 6.07) is 2.65. The first-order valence-corrected chi connectivity index (χ1v) is 6.74. The molecule has 20 heavy (non-hydrogen) atoms. The minimum absolute atomic E-state index is 0.0165. The lowest BCUT2D eigenvalue weighted by Crippen LogP contribution is -2.33. The second kappa shape index (κ2) is 5.66. The molecule has 0 fully saturated rings. The van der Waals surface area contributed by atoms with E-state index in [-0.39, 0.29) is 23.4 Å². The van der Waals surface area contributed by atoms with Gasteiger partial charge < -0.3 is 15.2 Å². The molecule has 0 saturated carbocycles. The van der Waals surface area contributed by atoms with Gasteiger partial charge in [-0.25, -0.2) is 9.37 Å². The predicted molar refractivity (Wildman–Crippen MR) is 77.0 cm³/mol. The second-order valence-electron chi connectivity index (χ2n) is 4.38. The molecule has 0 radical (unpaired) electrons. The normalized spacial score (nSPS) is 11.0. The van der Waals surface area contributed by atoms with Crippen LogP contribution in [0.3, 0.4) is 0 Å². The summed E-state index contributed by atoms with van der Waals surface area (Å²) in [5.74, 6) is -0.478. The molecular formula is C13H16ClFN4O. The van der Waals surface area contributed by atoms with Crippen molar-refractivity contribution >= 4 is 34.5 Å². The van der Waals surface area contributed by atoms with Gasteiger partial charge in [-0.05, 0) is 19.9 Å². The number of aromatic nitrogens is 2. The molecule has 108 valence electrons. The monoisotopic (exact) mass is 298 g/mol. The van der Waals surface area contributed by atoms with E-state index in [0.29, 0.717) is 24.1 Å². The Morgan fingerprint density at radius 2 is 2.10 bits per heavy atom. The van der Waals surface area contributed by atoms with Crippen molar-refractivity contribution in [3.05, 3.63) is 23.0 Å². The number of carbonyl (C=O) groups excluding carboxylic acids is 1. The highest BCUT2D eigenvalue weighted by Crippen LogP contribution is 2.24. The molecule has 1 heterocycles. The number of likely N-dealkylation sites (N-methyl/N-ethyl adjacent to an activating group) is 1. The van der Waals surface area contributed by atoms with E-state index in [1.165, 1.54) is 16.7 Å². The minimum atomic E-state index is -0.560. The van der Waals surface area contributed by atoms with Gasteiger partial charge in [0.25, 0.3) is 0 Å². The van der Waals surface area contributed by atoms with Crippen LogP contribution in [-0.4, -0.2) is 33.4 Å². The smallest absolute Gasteiger partial charge is 0.242 e. The number of amides is 1. The third-order valence-corrected chi connectivity index (χ3v) is 3.52. The Kier molecular flexibility index (Phi) is 4.13. The van der Waals surface area contributed by atoms with E-state index in [9.17, 15) is 9.18 Å². The zero-order valence-electron chi connectivity index (χ0n) is 11.4. The number of fused-ring (bicyclic) bond motifs is 1. The van der Waals surface area contributed by atoms with Crippen molar-refractivity contribution in [2.24, 2.45) is 0 Å². The van der Waals surface area contributed by atoms with Crippen LogP contribution in [-0.2, 0) is 11.3 Å². The van der Waals surface area contributed by atoms with Crippen LogP contribution in [0, 0.1) is 5.82 Å². The maximum absolute atomic E-state index is 13.6. The summed E-state index contributed by atoms with van der Waals surface area (Å²) in [4.78, 5) is 17.9. The maximum atomic E-state index is 13.6. The molecule has 0 atom stereocenters. The van der Waals surface area contributed by atoms with Gasteiger partial charge in [-0.3, -0.25) is 4.79 Å². The molecule has 2 N–H and O–H groups in total. The number of halogens is 2. The van der Waals surface area contributed by atoms with Gasteiger partial charge in [0.2, 0.25) is 11.9 Å². The summed E-state index contributed by atoms with van der Waals surface area (Å²) in [5.41, 5.74) is 6.74. The van der Waals surface area contributed by atoms with Gasteiger partial charge in [0.05, 0.1) is 16.1 Å². The highest BCUT2D eigenvalue weighted by molar-refractivity contribution is 6.31. The van der Waals surface area contributed by atoms with Crippen molar-refractivity contribution < 1.29 is 9.18 Å². The van der Waals surface area contributed by atoms with E-state index >= 15 is 0 Å².